The van der Waals surface area contributed by atoms with Gasteiger partial charge in [-0.2, -0.15) is 0 Å². The van der Waals surface area contributed by atoms with Crippen molar-refractivity contribution in [3.63, 3.8) is 0 Å². The van der Waals surface area contributed by atoms with Crippen LogP contribution >= 0.6 is 11.6 Å². The summed E-state index contributed by atoms with van der Waals surface area (Å²) in [5, 5.41) is 0.514. The quantitative estimate of drug-likeness (QED) is 0.929. The van der Waals surface area contributed by atoms with Gasteiger partial charge < -0.3 is 10.5 Å². The van der Waals surface area contributed by atoms with Gasteiger partial charge in [0.1, 0.15) is 11.9 Å². The van der Waals surface area contributed by atoms with Crippen LogP contribution in [0.4, 0.5) is 8.78 Å². The average molecular weight is 284 g/mol. The van der Waals surface area contributed by atoms with Crippen molar-refractivity contribution in [1.82, 2.24) is 0 Å². The zero-order chi connectivity index (χ0) is 13.8. The van der Waals surface area contributed by atoms with Crippen molar-refractivity contribution in [3.05, 3.63) is 64.7 Å². The molecule has 100 valence electrons. The molecule has 0 heterocycles. The number of nitrogens with two attached hydrogens (primary N) is 1. The number of hydrogen-bond donors (Lipinski definition) is 1. The van der Waals surface area contributed by atoms with Crippen LogP contribution in [0.3, 0.4) is 0 Å². The standard InChI is InChI=1S/C14H12ClF2NO/c15-11-4-2-1-3-10(11)14(8-18)19-9-5-6-12(16)13(17)7-9/h1-7,14H,8,18H2. The van der Waals surface area contributed by atoms with Gasteiger partial charge in [0.15, 0.2) is 11.6 Å². The van der Waals surface area contributed by atoms with Crippen LogP contribution in [-0.4, -0.2) is 6.54 Å². The van der Waals surface area contributed by atoms with E-state index in [0.29, 0.717) is 10.6 Å². The first kappa shape index (κ1) is 13.8. The molecule has 0 fully saturated rings. The minimum absolute atomic E-state index is 0.169. The molecule has 0 radical (unpaired) electrons. The van der Waals surface area contributed by atoms with E-state index in [9.17, 15) is 8.78 Å². The molecule has 0 spiro atoms. The van der Waals surface area contributed by atoms with Crippen LogP contribution in [0.5, 0.6) is 5.75 Å². The largest absolute Gasteiger partial charge is 0.484 e. The Labute approximate surface area is 114 Å². The van der Waals surface area contributed by atoms with Gasteiger partial charge in [0, 0.05) is 23.2 Å². The van der Waals surface area contributed by atoms with Crippen molar-refractivity contribution >= 4 is 11.6 Å². The monoisotopic (exact) mass is 283 g/mol. The second-order valence-corrected chi connectivity index (χ2v) is 4.35. The zero-order valence-corrected chi connectivity index (χ0v) is 10.7. The van der Waals surface area contributed by atoms with Crippen LogP contribution in [0.1, 0.15) is 11.7 Å². The highest BCUT2D eigenvalue weighted by Gasteiger charge is 2.15. The Morgan fingerprint density at radius 1 is 1.11 bits per heavy atom. The SMILES string of the molecule is NCC(Oc1ccc(F)c(F)c1)c1ccccc1Cl. The van der Waals surface area contributed by atoms with E-state index in [1.165, 1.54) is 6.07 Å². The minimum atomic E-state index is -0.965. The fourth-order valence-corrected chi connectivity index (χ4v) is 1.95. The predicted molar refractivity (Wildman–Crippen MR) is 70.2 cm³/mol. The fourth-order valence-electron chi connectivity index (χ4n) is 1.69. The summed E-state index contributed by atoms with van der Waals surface area (Å²) in [7, 11) is 0. The van der Waals surface area contributed by atoms with Crippen LogP contribution in [0, 0.1) is 11.6 Å². The Bertz CT molecular complexity index is 577. The van der Waals surface area contributed by atoms with Gasteiger partial charge in [0.2, 0.25) is 0 Å². The summed E-state index contributed by atoms with van der Waals surface area (Å²) in [5.74, 6) is -1.68. The van der Waals surface area contributed by atoms with Crippen molar-refractivity contribution < 1.29 is 13.5 Å². The zero-order valence-electron chi connectivity index (χ0n) is 9.95. The highest BCUT2D eigenvalue weighted by Crippen LogP contribution is 2.27. The van der Waals surface area contributed by atoms with E-state index in [1.54, 1.807) is 24.3 Å². The van der Waals surface area contributed by atoms with Gasteiger partial charge >= 0.3 is 0 Å². The average Bonchev–Trinajstić information content (AvgIpc) is 2.41. The van der Waals surface area contributed by atoms with Gasteiger partial charge in [-0.05, 0) is 18.2 Å². The third-order valence-corrected chi connectivity index (χ3v) is 2.98. The minimum Gasteiger partial charge on any atom is -0.484 e. The molecule has 1 unspecified atom stereocenters. The van der Waals surface area contributed by atoms with Crippen LogP contribution in [0.25, 0.3) is 0 Å². The Balaban J connectivity index is 2.24. The maximum atomic E-state index is 13.1. The fraction of sp³-hybridized carbons (Fsp3) is 0.143. The molecule has 0 aliphatic carbocycles. The van der Waals surface area contributed by atoms with Gasteiger partial charge in [0.05, 0.1) is 0 Å². The third kappa shape index (κ3) is 3.22. The lowest BCUT2D eigenvalue weighted by atomic mass is 10.1. The van der Waals surface area contributed by atoms with Gasteiger partial charge in [-0.1, -0.05) is 29.8 Å². The second-order valence-electron chi connectivity index (χ2n) is 3.94. The third-order valence-electron chi connectivity index (χ3n) is 2.64. The van der Waals surface area contributed by atoms with Crippen LogP contribution in [0.2, 0.25) is 5.02 Å². The number of ether oxygens (including phenoxy) is 1. The lowest BCUT2D eigenvalue weighted by molar-refractivity contribution is 0.213. The van der Waals surface area contributed by atoms with Crippen molar-refractivity contribution in [3.8, 4) is 5.75 Å². The molecule has 5 heteroatoms. The Morgan fingerprint density at radius 3 is 2.47 bits per heavy atom. The number of hydrogen-bond acceptors (Lipinski definition) is 2. The Hall–Kier alpha value is -1.65. The van der Waals surface area contributed by atoms with E-state index in [4.69, 9.17) is 22.1 Å². The van der Waals surface area contributed by atoms with Crippen LogP contribution in [0.15, 0.2) is 42.5 Å². The number of benzene rings is 2. The highest BCUT2D eigenvalue weighted by molar-refractivity contribution is 6.31. The maximum Gasteiger partial charge on any atom is 0.162 e. The first-order valence-electron chi connectivity index (χ1n) is 5.68. The summed E-state index contributed by atoms with van der Waals surface area (Å²) in [6.45, 7) is 0.169. The lowest BCUT2D eigenvalue weighted by Gasteiger charge is -2.19. The van der Waals surface area contributed by atoms with Crippen molar-refractivity contribution in [2.24, 2.45) is 5.73 Å². The molecule has 19 heavy (non-hydrogen) atoms. The summed E-state index contributed by atoms with van der Waals surface area (Å²) >= 11 is 6.05. The molecule has 2 nitrogen and oxygen atoms in total. The summed E-state index contributed by atoms with van der Waals surface area (Å²) in [4.78, 5) is 0. The molecule has 0 aliphatic heterocycles. The number of halogens is 3. The lowest BCUT2D eigenvalue weighted by Crippen LogP contribution is -2.19. The molecule has 0 bridgehead atoms. The summed E-state index contributed by atoms with van der Waals surface area (Å²) in [6, 6.07) is 10.4. The van der Waals surface area contributed by atoms with E-state index in [2.05, 4.69) is 0 Å². The molecule has 2 aromatic rings. The van der Waals surface area contributed by atoms with Gasteiger partial charge in [-0.3, -0.25) is 0 Å². The van der Waals surface area contributed by atoms with Crippen molar-refractivity contribution in [1.29, 1.82) is 0 Å². The molecule has 0 saturated carbocycles. The molecule has 0 amide bonds. The summed E-state index contributed by atoms with van der Waals surface area (Å²) < 4.78 is 31.5. The molecule has 2 rings (SSSR count). The maximum absolute atomic E-state index is 13.1. The van der Waals surface area contributed by atoms with Crippen molar-refractivity contribution in [2.45, 2.75) is 6.10 Å². The Morgan fingerprint density at radius 2 is 1.84 bits per heavy atom. The highest BCUT2D eigenvalue weighted by atomic mass is 35.5. The van der Waals surface area contributed by atoms with E-state index >= 15 is 0 Å². The summed E-state index contributed by atoms with van der Waals surface area (Å²) in [6.07, 6.45) is -0.515. The molecule has 1 atom stereocenters. The van der Waals surface area contributed by atoms with Crippen LogP contribution < -0.4 is 10.5 Å². The molecule has 0 aromatic heterocycles. The van der Waals surface area contributed by atoms with Gasteiger partial charge in [-0.25, -0.2) is 8.78 Å². The topological polar surface area (TPSA) is 35.2 Å². The molecule has 0 aliphatic rings. The number of rotatable bonds is 4. The Kier molecular flexibility index (Phi) is 4.35. The van der Waals surface area contributed by atoms with E-state index < -0.39 is 17.7 Å². The van der Waals surface area contributed by atoms with Crippen molar-refractivity contribution in [2.75, 3.05) is 6.54 Å². The van der Waals surface area contributed by atoms with E-state index in [-0.39, 0.29) is 12.3 Å². The smallest absolute Gasteiger partial charge is 0.162 e. The molecule has 2 N–H and O–H groups in total. The van der Waals surface area contributed by atoms with Crippen LogP contribution in [-0.2, 0) is 0 Å². The normalized spacial score (nSPS) is 12.2. The van der Waals surface area contributed by atoms with E-state index in [1.807, 2.05) is 0 Å². The molecule has 2 aromatic carbocycles. The second kappa shape index (κ2) is 5.99. The predicted octanol–water partition coefficient (Wildman–Crippen LogP) is 3.70. The van der Waals surface area contributed by atoms with E-state index in [0.717, 1.165) is 12.1 Å². The molecular formula is C14H12ClF2NO. The first-order valence-corrected chi connectivity index (χ1v) is 6.06. The summed E-state index contributed by atoms with van der Waals surface area (Å²) in [5.41, 5.74) is 6.34. The molecular weight excluding hydrogens is 272 g/mol. The van der Waals surface area contributed by atoms with Gasteiger partial charge in [0.25, 0.3) is 0 Å². The first-order chi connectivity index (χ1) is 9.11. The van der Waals surface area contributed by atoms with Gasteiger partial charge in [-0.15, -0.1) is 0 Å². The molecule has 0 saturated heterocycles.